The molecule has 1 aliphatic heterocycles. The maximum atomic E-state index is 14.0. The van der Waals surface area contributed by atoms with E-state index in [1.807, 2.05) is 41.9 Å². The molecule has 2 aromatic carbocycles. The third-order valence-electron chi connectivity index (χ3n) is 5.45. The number of nitrogens with one attached hydrogen (secondary N) is 2. The van der Waals surface area contributed by atoms with Crippen molar-refractivity contribution in [1.29, 1.82) is 0 Å². The second-order valence-corrected chi connectivity index (χ2v) is 7.26. The van der Waals surface area contributed by atoms with E-state index in [-0.39, 0.29) is 5.82 Å². The van der Waals surface area contributed by atoms with Gasteiger partial charge in [-0.1, -0.05) is 24.8 Å². The molecule has 0 aliphatic carbocycles. The van der Waals surface area contributed by atoms with Crippen molar-refractivity contribution in [1.82, 2.24) is 14.5 Å². The van der Waals surface area contributed by atoms with Crippen molar-refractivity contribution in [3.05, 3.63) is 72.8 Å². The number of rotatable bonds is 4. The van der Waals surface area contributed by atoms with Crippen LogP contribution in [0.5, 0.6) is 0 Å². The highest BCUT2D eigenvalue weighted by atomic mass is 19.1. The molecule has 150 valence electrons. The molecule has 0 spiro atoms. The Kier molecular flexibility index (Phi) is 4.25. The number of hydrogen-bond donors (Lipinski definition) is 3. The predicted molar refractivity (Wildman–Crippen MR) is 116 cm³/mol. The fourth-order valence-corrected chi connectivity index (χ4v) is 4.07. The van der Waals surface area contributed by atoms with Crippen LogP contribution < -0.4 is 10.6 Å². The smallest absolute Gasteiger partial charge is 0.146 e. The number of benzene rings is 2. The van der Waals surface area contributed by atoms with E-state index in [0.717, 1.165) is 50.5 Å². The molecule has 7 heteroatoms. The van der Waals surface area contributed by atoms with Crippen molar-refractivity contribution in [2.75, 3.05) is 10.6 Å². The van der Waals surface area contributed by atoms with Crippen LogP contribution in [0.3, 0.4) is 0 Å². The molecule has 0 radical (unpaired) electrons. The molecule has 0 amide bonds. The molecule has 0 saturated heterocycles. The van der Waals surface area contributed by atoms with Crippen LogP contribution in [0.4, 0.5) is 15.9 Å². The number of hydrogen-bond acceptors (Lipinski definition) is 5. The van der Waals surface area contributed by atoms with Crippen LogP contribution in [0.15, 0.2) is 61.4 Å². The van der Waals surface area contributed by atoms with E-state index >= 15 is 0 Å². The normalized spacial score (nSPS) is 13.3. The molecule has 0 saturated carbocycles. The maximum Gasteiger partial charge on any atom is 0.146 e. The summed E-state index contributed by atoms with van der Waals surface area (Å²) in [7, 11) is 1.97. The number of halogens is 1. The number of aromatic nitrogens is 3. The summed E-state index contributed by atoms with van der Waals surface area (Å²) in [5.74, 6) is 0.471. The molecule has 5 rings (SSSR count). The molecular formula is C23H20FN5O. The Morgan fingerprint density at radius 3 is 2.80 bits per heavy atom. The van der Waals surface area contributed by atoms with Gasteiger partial charge in [0.1, 0.15) is 29.8 Å². The number of anilines is 2. The average Bonchev–Trinajstić information content (AvgIpc) is 2.95. The van der Waals surface area contributed by atoms with E-state index in [2.05, 4.69) is 27.2 Å². The SMILES string of the molecule is C=CC(O)Nc1ccc(-c2c3c4c(ncnc4n2C)NCc2cc(F)ccc2-3)cc1. The van der Waals surface area contributed by atoms with Gasteiger partial charge in [0, 0.05) is 24.8 Å². The number of aryl methyl sites for hydroxylation is 1. The first-order valence-corrected chi connectivity index (χ1v) is 9.60. The summed E-state index contributed by atoms with van der Waals surface area (Å²) in [5.41, 5.74) is 6.34. The molecule has 2 aromatic heterocycles. The summed E-state index contributed by atoms with van der Waals surface area (Å²) < 4.78 is 16.0. The van der Waals surface area contributed by atoms with Crippen LogP contribution in [0, 0.1) is 5.82 Å². The van der Waals surface area contributed by atoms with Gasteiger partial charge in [0.15, 0.2) is 0 Å². The van der Waals surface area contributed by atoms with E-state index in [4.69, 9.17) is 0 Å². The van der Waals surface area contributed by atoms with Gasteiger partial charge in [-0.3, -0.25) is 0 Å². The van der Waals surface area contributed by atoms with Gasteiger partial charge in [-0.2, -0.15) is 0 Å². The molecule has 1 atom stereocenters. The molecule has 1 unspecified atom stereocenters. The van der Waals surface area contributed by atoms with Crippen LogP contribution in [0.25, 0.3) is 33.4 Å². The highest BCUT2D eigenvalue weighted by molar-refractivity contribution is 6.09. The van der Waals surface area contributed by atoms with Crippen molar-refractivity contribution in [2.24, 2.45) is 7.05 Å². The standard InChI is InChI=1S/C23H20FN5O/c1-3-18(30)28-16-7-4-13(5-8-16)21-19-17-9-6-15(24)10-14(17)11-25-22-20(19)23(29(21)2)27-12-26-22/h3-10,12,18,28,30H,1,11H2,2H3,(H,25,26,27). The lowest BCUT2D eigenvalue weighted by atomic mass is 9.95. The van der Waals surface area contributed by atoms with Crippen LogP contribution in [-0.4, -0.2) is 25.9 Å². The number of aliphatic hydroxyl groups excluding tert-OH is 1. The Hall–Kier alpha value is -3.71. The topological polar surface area (TPSA) is 75.0 Å². The summed E-state index contributed by atoms with van der Waals surface area (Å²) in [6.45, 7) is 4.06. The lowest BCUT2D eigenvalue weighted by Gasteiger charge is -2.13. The van der Waals surface area contributed by atoms with E-state index in [1.54, 1.807) is 12.4 Å². The molecule has 30 heavy (non-hydrogen) atoms. The van der Waals surface area contributed by atoms with E-state index in [0.29, 0.717) is 6.54 Å². The van der Waals surface area contributed by atoms with Gasteiger partial charge in [0.2, 0.25) is 0 Å². The Balaban J connectivity index is 1.75. The molecule has 1 aliphatic rings. The Morgan fingerprint density at radius 2 is 2.03 bits per heavy atom. The largest absolute Gasteiger partial charge is 0.370 e. The fraction of sp³-hybridized carbons (Fsp3) is 0.130. The van der Waals surface area contributed by atoms with Gasteiger partial charge < -0.3 is 20.3 Å². The number of aliphatic hydroxyl groups is 1. The van der Waals surface area contributed by atoms with E-state index in [1.165, 1.54) is 12.1 Å². The van der Waals surface area contributed by atoms with Gasteiger partial charge >= 0.3 is 0 Å². The van der Waals surface area contributed by atoms with Crippen LogP contribution >= 0.6 is 0 Å². The zero-order chi connectivity index (χ0) is 20.8. The Labute approximate surface area is 172 Å². The highest BCUT2D eigenvalue weighted by Crippen LogP contribution is 2.45. The van der Waals surface area contributed by atoms with E-state index < -0.39 is 6.23 Å². The first-order chi connectivity index (χ1) is 14.6. The molecule has 3 heterocycles. The minimum absolute atomic E-state index is 0.266. The second kappa shape index (κ2) is 6.96. The third-order valence-corrected chi connectivity index (χ3v) is 5.45. The molecule has 0 fully saturated rings. The second-order valence-electron chi connectivity index (χ2n) is 7.26. The zero-order valence-electron chi connectivity index (χ0n) is 16.4. The van der Waals surface area contributed by atoms with Crippen LogP contribution in [0.2, 0.25) is 0 Å². The molecule has 0 bridgehead atoms. The number of fused-ring (bicyclic) bond motifs is 2. The molecule has 4 aromatic rings. The van der Waals surface area contributed by atoms with Gasteiger partial charge in [-0.05, 0) is 47.0 Å². The first kappa shape index (κ1) is 18.3. The summed E-state index contributed by atoms with van der Waals surface area (Å²) >= 11 is 0. The molecular weight excluding hydrogens is 381 g/mol. The minimum Gasteiger partial charge on any atom is -0.370 e. The monoisotopic (exact) mass is 401 g/mol. The summed E-state index contributed by atoms with van der Waals surface area (Å²) in [6.07, 6.45) is 2.15. The highest BCUT2D eigenvalue weighted by Gasteiger charge is 2.26. The maximum absolute atomic E-state index is 14.0. The van der Waals surface area contributed by atoms with Gasteiger partial charge in [-0.15, -0.1) is 0 Å². The van der Waals surface area contributed by atoms with Crippen molar-refractivity contribution in [2.45, 2.75) is 12.8 Å². The first-order valence-electron chi connectivity index (χ1n) is 9.60. The minimum atomic E-state index is -0.816. The van der Waals surface area contributed by atoms with Gasteiger partial charge in [0.05, 0.1) is 11.1 Å². The Bertz CT molecular complexity index is 1280. The van der Waals surface area contributed by atoms with Gasteiger partial charge in [0.25, 0.3) is 0 Å². The summed E-state index contributed by atoms with van der Waals surface area (Å²) in [6, 6.07) is 12.6. The fourth-order valence-electron chi connectivity index (χ4n) is 4.07. The predicted octanol–water partition coefficient (Wildman–Crippen LogP) is 4.28. The van der Waals surface area contributed by atoms with Crippen LogP contribution in [-0.2, 0) is 13.6 Å². The van der Waals surface area contributed by atoms with Gasteiger partial charge in [-0.25, -0.2) is 14.4 Å². The zero-order valence-corrected chi connectivity index (χ0v) is 16.4. The van der Waals surface area contributed by atoms with Crippen LogP contribution in [0.1, 0.15) is 5.56 Å². The lowest BCUT2D eigenvalue weighted by Crippen LogP contribution is -2.14. The lowest BCUT2D eigenvalue weighted by molar-refractivity contribution is 0.253. The van der Waals surface area contributed by atoms with Crippen molar-refractivity contribution >= 4 is 22.5 Å². The Morgan fingerprint density at radius 1 is 1.23 bits per heavy atom. The average molecular weight is 401 g/mol. The third kappa shape index (κ3) is 2.83. The van der Waals surface area contributed by atoms with Crippen molar-refractivity contribution in [3.8, 4) is 22.4 Å². The summed E-state index contributed by atoms with van der Waals surface area (Å²) in [4.78, 5) is 8.94. The van der Waals surface area contributed by atoms with E-state index in [9.17, 15) is 9.50 Å². The van der Waals surface area contributed by atoms with Crippen molar-refractivity contribution in [3.63, 3.8) is 0 Å². The molecule has 6 nitrogen and oxygen atoms in total. The summed E-state index contributed by atoms with van der Waals surface area (Å²) in [5, 5.41) is 16.9. The molecule has 3 N–H and O–H groups in total. The quantitative estimate of drug-likeness (QED) is 0.352. The van der Waals surface area contributed by atoms with Crippen molar-refractivity contribution < 1.29 is 9.50 Å². The number of nitrogens with zero attached hydrogens (tertiary/aromatic N) is 3.